The summed E-state index contributed by atoms with van der Waals surface area (Å²) >= 11 is 0. The Balaban J connectivity index is 1.79. The molecule has 0 aliphatic rings. The van der Waals surface area contributed by atoms with Crippen molar-refractivity contribution >= 4 is 16.9 Å². The van der Waals surface area contributed by atoms with Crippen LogP contribution in [0.25, 0.3) is 22.4 Å². The molecule has 1 heterocycles. The van der Waals surface area contributed by atoms with Crippen molar-refractivity contribution in [1.29, 1.82) is 0 Å². The van der Waals surface area contributed by atoms with Gasteiger partial charge >= 0.3 is 0 Å². The topological polar surface area (TPSA) is 76.2 Å². The molecule has 1 amide bonds. The SMILES string of the molecule is COc1cc(-c2nc3ccccc3[nH]2)ccc1OCCNC(C)=O. The third kappa shape index (κ3) is 3.48. The molecule has 2 aromatic carbocycles. The van der Waals surface area contributed by atoms with Crippen LogP contribution in [0.3, 0.4) is 0 Å². The van der Waals surface area contributed by atoms with Crippen molar-refractivity contribution in [3.63, 3.8) is 0 Å². The Morgan fingerprint density at radius 3 is 2.79 bits per heavy atom. The first-order chi connectivity index (χ1) is 11.7. The van der Waals surface area contributed by atoms with Crippen LogP contribution in [-0.4, -0.2) is 36.1 Å². The Kier molecular flexibility index (Phi) is 4.65. The van der Waals surface area contributed by atoms with Gasteiger partial charge in [-0.15, -0.1) is 0 Å². The van der Waals surface area contributed by atoms with E-state index in [1.807, 2.05) is 42.5 Å². The van der Waals surface area contributed by atoms with Crippen LogP contribution in [0.1, 0.15) is 6.92 Å². The molecule has 2 N–H and O–H groups in total. The monoisotopic (exact) mass is 325 g/mol. The number of hydrogen-bond acceptors (Lipinski definition) is 4. The van der Waals surface area contributed by atoms with Gasteiger partial charge in [-0.2, -0.15) is 0 Å². The summed E-state index contributed by atoms with van der Waals surface area (Å²) in [5.74, 6) is 1.95. The average Bonchev–Trinajstić information content (AvgIpc) is 3.02. The van der Waals surface area contributed by atoms with Crippen molar-refractivity contribution in [3.05, 3.63) is 42.5 Å². The average molecular weight is 325 g/mol. The Morgan fingerprint density at radius 1 is 1.21 bits per heavy atom. The Labute approximate surface area is 139 Å². The number of H-pyrrole nitrogens is 1. The zero-order valence-electron chi connectivity index (χ0n) is 13.6. The molecule has 3 rings (SSSR count). The molecular weight excluding hydrogens is 306 g/mol. The molecule has 24 heavy (non-hydrogen) atoms. The van der Waals surface area contributed by atoms with Crippen LogP contribution in [0, 0.1) is 0 Å². The van der Waals surface area contributed by atoms with Gasteiger partial charge < -0.3 is 19.8 Å². The summed E-state index contributed by atoms with van der Waals surface area (Å²) in [6.45, 7) is 2.30. The highest BCUT2D eigenvalue weighted by molar-refractivity contribution is 5.79. The van der Waals surface area contributed by atoms with Crippen LogP contribution in [0.15, 0.2) is 42.5 Å². The van der Waals surface area contributed by atoms with Gasteiger partial charge in [-0.3, -0.25) is 4.79 Å². The molecule has 0 fully saturated rings. The first-order valence-corrected chi connectivity index (χ1v) is 7.68. The third-order valence-corrected chi connectivity index (χ3v) is 3.56. The molecule has 124 valence electrons. The summed E-state index contributed by atoms with van der Waals surface area (Å²) in [4.78, 5) is 18.7. The molecule has 1 aromatic heterocycles. The first kappa shape index (κ1) is 15.9. The quantitative estimate of drug-likeness (QED) is 0.683. The zero-order valence-corrected chi connectivity index (χ0v) is 13.6. The van der Waals surface area contributed by atoms with Gasteiger partial charge in [0.25, 0.3) is 0 Å². The number of amides is 1. The highest BCUT2D eigenvalue weighted by Gasteiger charge is 2.10. The Morgan fingerprint density at radius 2 is 2.04 bits per heavy atom. The van der Waals surface area contributed by atoms with Crippen LogP contribution >= 0.6 is 0 Å². The van der Waals surface area contributed by atoms with Crippen LogP contribution in [0.4, 0.5) is 0 Å². The Hall–Kier alpha value is -3.02. The fraction of sp³-hybridized carbons (Fsp3) is 0.222. The van der Waals surface area contributed by atoms with E-state index in [0.717, 1.165) is 22.4 Å². The molecular formula is C18H19N3O3. The number of aromatic amines is 1. The van der Waals surface area contributed by atoms with Gasteiger partial charge in [0.15, 0.2) is 11.5 Å². The van der Waals surface area contributed by atoms with Crippen molar-refractivity contribution in [2.75, 3.05) is 20.3 Å². The number of hydrogen-bond donors (Lipinski definition) is 2. The third-order valence-electron chi connectivity index (χ3n) is 3.56. The minimum absolute atomic E-state index is 0.0780. The second kappa shape index (κ2) is 7.04. The number of aromatic nitrogens is 2. The van der Waals surface area contributed by atoms with E-state index in [4.69, 9.17) is 9.47 Å². The van der Waals surface area contributed by atoms with E-state index in [-0.39, 0.29) is 5.91 Å². The summed E-state index contributed by atoms with van der Waals surface area (Å²) in [6.07, 6.45) is 0. The number of fused-ring (bicyclic) bond motifs is 1. The van der Waals surface area contributed by atoms with E-state index < -0.39 is 0 Å². The number of nitrogens with one attached hydrogen (secondary N) is 2. The molecule has 0 saturated carbocycles. The van der Waals surface area contributed by atoms with Gasteiger partial charge in [-0.1, -0.05) is 12.1 Å². The van der Waals surface area contributed by atoms with Crippen LogP contribution in [0.5, 0.6) is 11.5 Å². The van der Waals surface area contributed by atoms with E-state index in [9.17, 15) is 4.79 Å². The van der Waals surface area contributed by atoms with Crippen molar-refractivity contribution in [3.8, 4) is 22.9 Å². The molecule has 0 atom stereocenters. The lowest BCUT2D eigenvalue weighted by Crippen LogP contribution is -2.25. The molecule has 3 aromatic rings. The number of rotatable bonds is 6. The number of nitrogens with zero attached hydrogens (tertiary/aromatic N) is 1. The summed E-state index contributed by atoms with van der Waals surface area (Å²) in [6, 6.07) is 13.5. The second-order valence-electron chi connectivity index (χ2n) is 5.30. The summed E-state index contributed by atoms with van der Waals surface area (Å²) in [5.41, 5.74) is 2.82. The first-order valence-electron chi connectivity index (χ1n) is 7.68. The number of methoxy groups -OCH3 is 1. The summed E-state index contributed by atoms with van der Waals surface area (Å²) < 4.78 is 11.1. The lowest BCUT2D eigenvalue weighted by molar-refractivity contribution is -0.119. The highest BCUT2D eigenvalue weighted by atomic mass is 16.5. The number of para-hydroxylation sites is 2. The normalized spacial score (nSPS) is 10.6. The number of ether oxygens (including phenoxy) is 2. The van der Waals surface area contributed by atoms with E-state index >= 15 is 0 Å². The van der Waals surface area contributed by atoms with E-state index in [1.54, 1.807) is 7.11 Å². The van der Waals surface area contributed by atoms with E-state index in [1.165, 1.54) is 6.92 Å². The van der Waals surface area contributed by atoms with E-state index in [2.05, 4.69) is 15.3 Å². The largest absolute Gasteiger partial charge is 0.493 e. The van der Waals surface area contributed by atoms with Crippen LogP contribution in [0.2, 0.25) is 0 Å². The van der Waals surface area contributed by atoms with Crippen molar-refractivity contribution < 1.29 is 14.3 Å². The van der Waals surface area contributed by atoms with Crippen molar-refractivity contribution in [1.82, 2.24) is 15.3 Å². The number of imidazole rings is 1. The standard InChI is InChI=1S/C18H19N3O3/c1-12(22)19-9-10-24-16-8-7-13(11-17(16)23-2)18-20-14-5-3-4-6-15(14)21-18/h3-8,11H,9-10H2,1-2H3,(H,19,22)(H,20,21). The minimum Gasteiger partial charge on any atom is -0.493 e. The molecule has 6 nitrogen and oxygen atoms in total. The zero-order chi connectivity index (χ0) is 16.9. The fourth-order valence-electron chi connectivity index (χ4n) is 2.41. The molecule has 0 radical (unpaired) electrons. The van der Waals surface area contributed by atoms with Crippen LogP contribution < -0.4 is 14.8 Å². The number of carbonyl (C=O) groups is 1. The summed E-state index contributed by atoms with van der Waals surface area (Å²) in [7, 11) is 1.60. The van der Waals surface area contributed by atoms with Gasteiger partial charge in [0.2, 0.25) is 5.91 Å². The highest BCUT2D eigenvalue weighted by Crippen LogP contribution is 2.32. The maximum Gasteiger partial charge on any atom is 0.216 e. The van der Waals surface area contributed by atoms with Gasteiger partial charge in [-0.25, -0.2) is 4.98 Å². The molecule has 0 bridgehead atoms. The lowest BCUT2D eigenvalue weighted by atomic mass is 10.2. The number of carbonyl (C=O) groups excluding carboxylic acids is 1. The van der Waals surface area contributed by atoms with Gasteiger partial charge in [0.05, 0.1) is 24.7 Å². The lowest BCUT2D eigenvalue weighted by Gasteiger charge is -2.11. The predicted molar refractivity (Wildman–Crippen MR) is 92.3 cm³/mol. The Bertz CT molecular complexity index is 825. The fourth-order valence-corrected chi connectivity index (χ4v) is 2.41. The van der Waals surface area contributed by atoms with Crippen molar-refractivity contribution in [2.24, 2.45) is 0 Å². The number of benzene rings is 2. The van der Waals surface area contributed by atoms with Gasteiger partial charge in [0.1, 0.15) is 12.4 Å². The molecule has 0 aliphatic heterocycles. The molecule has 6 heteroatoms. The maximum atomic E-state index is 10.9. The maximum absolute atomic E-state index is 10.9. The van der Waals surface area contributed by atoms with Gasteiger partial charge in [0, 0.05) is 12.5 Å². The second-order valence-corrected chi connectivity index (χ2v) is 5.30. The summed E-state index contributed by atoms with van der Waals surface area (Å²) in [5, 5.41) is 2.69. The van der Waals surface area contributed by atoms with Crippen LogP contribution in [-0.2, 0) is 4.79 Å². The smallest absolute Gasteiger partial charge is 0.216 e. The van der Waals surface area contributed by atoms with Gasteiger partial charge in [-0.05, 0) is 30.3 Å². The van der Waals surface area contributed by atoms with Crippen molar-refractivity contribution in [2.45, 2.75) is 6.92 Å². The molecule has 0 saturated heterocycles. The van der Waals surface area contributed by atoms with E-state index in [0.29, 0.717) is 24.7 Å². The molecule has 0 spiro atoms. The predicted octanol–water partition coefficient (Wildman–Crippen LogP) is 2.75. The minimum atomic E-state index is -0.0780. The molecule has 0 unspecified atom stereocenters. The molecule has 0 aliphatic carbocycles.